The highest BCUT2D eigenvalue weighted by Gasteiger charge is 2.62. The molecule has 0 radical (unpaired) electrons. The first-order valence-electron chi connectivity index (χ1n) is 19.1. The van der Waals surface area contributed by atoms with Crippen LogP contribution in [0.1, 0.15) is 52.0 Å². The number of aromatic nitrogens is 2. The summed E-state index contributed by atoms with van der Waals surface area (Å²) in [5, 5.41) is 10.1. The predicted molar refractivity (Wildman–Crippen MR) is 242 cm³/mol. The van der Waals surface area contributed by atoms with Gasteiger partial charge in [-0.15, -0.1) is 42.7 Å². The van der Waals surface area contributed by atoms with Gasteiger partial charge in [-0.25, -0.2) is 18.4 Å². The lowest BCUT2D eigenvalue weighted by Crippen LogP contribution is -2.58. The third kappa shape index (κ3) is 9.79. The maximum Gasteiger partial charge on any atom is 0.259 e. The van der Waals surface area contributed by atoms with Crippen LogP contribution in [0.3, 0.4) is 0 Å². The summed E-state index contributed by atoms with van der Waals surface area (Å²) in [5.74, 6) is -1.10. The summed E-state index contributed by atoms with van der Waals surface area (Å²) in [6.07, 6.45) is 3.38. The van der Waals surface area contributed by atoms with Crippen molar-refractivity contribution in [1.29, 1.82) is 0 Å². The molecule has 2 saturated carbocycles. The van der Waals surface area contributed by atoms with E-state index in [0.717, 1.165) is 5.56 Å². The molecular weight excluding hydrogens is 910 g/mol. The number of likely N-dealkylation sites (tertiary alicyclic amines) is 1. The number of rotatable bonds is 14. The van der Waals surface area contributed by atoms with Crippen LogP contribution in [0, 0.1) is 18.3 Å². The Bertz CT molecular complexity index is 2460. The SMILES string of the molecule is C=C[C@@H]1C[C@]1(NC(=O)[C@@H]1C[C@@H](Oc2ncc(OC)c3ccc(Cl)cc23)CN1C(=O)[C@@H](Nc1nc(-c2cc(Cl)c(C)cc2OC)cs1)C(C)(C)C)C(=O)NS(=O)(=O)C1CC1.Cl.Cl. The van der Waals surface area contributed by atoms with Gasteiger partial charge in [-0.05, 0) is 67.5 Å². The molecule has 1 aliphatic heterocycles. The molecule has 3 N–H and O–H groups in total. The zero-order chi connectivity index (χ0) is 42.6. The van der Waals surface area contributed by atoms with Crippen LogP contribution in [0.15, 0.2) is 54.6 Å². The van der Waals surface area contributed by atoms with Gasteiger partial charge in [0.25, 0.3) is 5.91 Å². The summed E-state index contributed by atoms with van der Waals surface area (Å²) < 4.78 is 45.4. The maximum absolute atomic E-state index is 15.0. The molecule has 0 spiro atoms. The van der Waals surface area contributed by atoms with E-state index in [1.165, 1.54) is 35.6 Å². The van der Waals surface area contributed by atoms with E-state index >= 15 is 0 Å². The minimum atomic E-state index is -3.91. The number of pyridine rings is 1. The summed E-state index contributed by atoms with van der Waals surface area (Å²) >= 11 is 14.2. The summed E-state index contributed by atoms with van der Waals surface area (Å²) in [6, 6.07) is 6.80. The van der Waals surface area contributed by atoms with Crippen molar-refractivity contribution in [2.75, 3.05) is 26.1 Å². The molecule has 0 unspecified atom stereocenters. The van der Waals surface area contributed by atoms with Crippen LogP contribution >= 0.6 is 59.4 Å². The van der Waals surface area contributed by atoms with Gasteiger partial charge in [0.2, 0.25) is 27.7 Å². The van der Waals surface area contributed by atoms with Gasteiger partial charge < -0.3 is 29.7 Å². The average Bonchev–Trinajstić information content (AvgIpc) is 4.08. The smallest absolute Gasteiger partial charge is 0.259 e. The number of carbonyl (C=O) groups is 3. The number of fused-ring (bicyclic) bond motifs is 1. The molecule has 3 heterocycles. The van der Waals surface area contributed by atoms with Crippen molar-refractivity contribution in [3.05, 3.63) is 70.2 Å². The van der Waals surface area contributed by atoms with E-state index in [1.807, 2.05) is 39.1 Å². The van der Waals surface area contributed by atoms with Gasteiger partial charge in [0, 0.05) is 44.1 Å². The molecule has 2 aliphatic carbocycles. The second kappa shape index (κ2) is 18.3. The van der Waals surface area contributed by atoms with Crippen LogP contribution in [0.2, 0.25) is 10.0 Å². The number of halogens is 4. The molecule has 5 atom stereocenters. The second-order valence-corrected chi connectivity index (χ2v) is 19.9. The molecule has 3 aliphatic rings. The molecule has 7 rings (SSSR count). The lowest BCUT2D eigenvalue weighted by atomic mass is 9.85. The number of nitrogens with one attached hydrogen (secondary N) is 3. The van der Waals surface area contributed by atoms with Crippen LogP contribution < -0.4 is 29.6 Å². The number of ether oxygens (including phenoxy) is 3. The van der Waals surface area contributed by atoms with E-state index in [-0.39, 0.29) is 50.1 Å². The first-order valence-corrected chi connectivity index (χ1v) is 22.2. The molecule has 2 aromatic carbocycles. The number of sulfonamides is 1. The fourth-order valence-corrected chi connectivity index (χ4v) is 9.84. The lowest BCUT2D eigenvalue weighted by molar-refractivity contribution is -0.141. The number of aryl methyl sites for hydroxylation is 1. The Morgan fingerprint density at radius 3 is 2.39 bits per heavy atom. The minimum absolute atomic E-state index is 0. The normalized spacial score (nSPS) is 21.3. The van der Waals surface area contributed by atoms with Crippen molar-refractivity contribution >= 4 is 103 Å². The molecule has 2 aromatic heterocycles. The Morgan fingerprint density at radius 1 is 1.07 bits per heavy atom. The molecule has 1 saturated heterocycles. The van der Waals surface area contributed by atoms with Crippen LogP contribution in [0.4, 0.5) is 5.13 Å². The predicted octanol–water partition coefficient (Wildman–Crippen LogP) is 7.38. The Hall–Kier alpha value is -4.06. The number of hydrogen-bond donors (Lipinski definition) is 3. The van der Waals surface area contributed by atoms with E-state index in [2.05, 4.69) is 26.9 Å². The molecule has 3 amide bonds. The molecular formula is C41H48Cl4N6O8S2. The van der Waals surface area contributed by atoms with Crippen molar-refractivity contribution in [3.63, 3.8) is 0 Å². The van der Waals surface area contributed by atoms with E-state index in [1.54, 1.807) is 31.4 Å². The molecule has 20 heteroatoms. The molecule has 61 heavy (non-hydrogen) atoms. The largest absolute Gasteiger partial charge is 0.496 e. The van der Waals surface area contributed by atoms with Crippen molar-refractivity contribution in [3.8, 4) is 28.6 Å². The molecule has 3 fully saturated rings. The minimum Gasteiger partial charge on any atom is -0.496 e. The van der Waals surface area contributed by atoms with Crippen LogP contribution in [-0.2, 0) is 24.4 Å². The lowest BCUT2D eigenvalue weighted by Gasteiger charge is -2.35. The van der Waals surface area contributed by atoms with Crippen molar-refractivity contribution in [2.24, 2.45) is 11.3 Å². The van der Waals surface area contributed by atoms with Crippen LogP contribution in [0.5, 0.6) is 17.4 Å². The van der Waals surface area contributed by atoms with Gasteiger partial charge in [0.05, 0.1) is 37.9 Å². The first-order chi connectivity index (χ1) is 27.9. The number of methoxy groups -OCH3 is 2. The Kier molecular flexibility index (Phi) is 14.4. The van der Waals surface area contributed by atoms with Crippen LogP contribution in [-0.4, -0.2) is 90.7 Å². The monoisotopic (exact) mass is 956 g/mol. The fraction of sp³-hybridized carbons (Fsp3) is 0.439. The van der Waals surface area contributed by atoms with Crippen molar-refractivity contribution < 1.29 is 37.0 Å². The van der Waals surface area contributed by atoms with Gasteiger partial charge in [0.1, 0.15) is 35.2 Å². The van der Waals surface area contributed by atoms with Gasteiger partial charge >= 0.3 is 0 Å². The van der Waals surface area contributed by atoms with E-state index in [0.29, 0.717) is 61.5 Å². The van der Waals surface area contributed by atoms with Crippen LogP contribution in [0.25, 0.3) is 22.0 Å². The van der Waals surface area contributed by atoms with Gasteiger partial charge in [0.15, 0.2) is 5.13 Å². The Morgan fingerprint density at radius 2 is 1.77 bits per heavy atom. The highest BCUT2D eigenvalue weighted by molar-refractivity contribution is 7.91. The molecule has 4 aromatic rings. The number of amides is 3. The molecule has 330 valence electrons. The standard InChI is InChI=1S/C41H46Cl2N6O8S2.2ClH/c1-8-22-17-41(22,38(52)48-59(53,54)25-10-11-25)47-35(50)31-15-24(57-36-27-14-23(42)9-12-26(27)33(56-7)18-44-36)19-49(31)37(51)34(40(3,4)5)46-39-45-30(20-58-39)28-16-29(43)21(2)13-32(28)55-6;;/h8-9,12-14,16,18,20,22,24-25,31,34H,1,10-11,15,17,19H2,2-7H3,(H,45,46)(H,47,50)(H,48,52);2*1H/t22-,24-,31+,34-,41-;;/m1../s1. The fourth-order valence-electron chi connectivity index (χ4n) is 7.40. The zero-order valence-corrected chi connectivity index (χ0v) is 39.0. The van der Waals surface area contributed by atoms with Crippen molar-refractivity contribution in [1.82, 2.24) is 24.9 Å². The topological polar surface area (TPSA) is 178 Å². The summed E-state index contributed by atoms with van der Waals surface area (Å²) in [4.78, 5) is 53.8. The third-order valence-electron chi connectivity index (χ3n) is 11.0. The first kappa shape index (κ1) is 48.0. The average molecular weight is 959 g/mol. The van der Waals surface area contributed by atoms with Gasteiger partial charge in [-0.2, -0.15) is 0 Å². The second-order valence-electron chi connectivity index (χ2n) is 16.3. The Balaban J connectivity index is 0.00000352. The van der Waals surface area contributed by atoms with Crippen molar-refractivity contribution in [2.45, 2.75) is 82.4 Å². The summed E-state index contributed by atoms with van der Waals surface area (Å²) in [7, 11) is -0.815. The summed E-state index contributed by atoms with van der Waals surface area (Å²) in [6.45, 7) is 11.4. The Labute approximate surface area is 381 Å². The number of benzene rings is 2. The third-order valence-corrected chi connectivity index (χ3v) is 14.2. The summed E-state index contributed by atoms with van der Waals surface area (Å²) in [5.41, 5.74) is -0.138. The quantitative estimate of drug-likeness (QED) is 0.108. The number of nitrogens with zero attached hydrogens (tertiary/aromatic N) is 3. The molecule has 14 nitrogen and oxygen atoms in total. The maximum atomic E-state index is 15.0. The number of hydrogen-bond acceptors (Lipinski definition) is 12. The number of anilines is 1. The zero-order valence-electron chi connectivity index (χ0n) is 34.2. The highest BCUT2D eigenvalue weighted by atomic mass is 35.5. The number of carbonyl (C=O) groups excluding carboxylic acids is 3. The molecule has 0 bridgehead atoms. The van der Waals surface area contributed by atoms with E-state index in [9.17, 15) is 22.8 Å². The van der Waals surface area contributed by atoms with E-state index < -0.39 is 68.1 Å². The number of thiazole rings is 1. The van der Waals surface area contributed by atoms with Gasteiger partial charge in [-0.3, -0.25) is 19.1 Å². The van der Waals surface area contributed by atoms with E-state index in [4.69, 9.17) is 42.4 Å². The highest BCUT2D eigenvalue weighted by Crippen LogP contribution is 2.46. The van der Waals surface area contributed by atoms with Gasteiger partial charge in [-0.1, -0.05) is 50.0 Å².